The van der Waals surface area contributed by atoms with E-state index in [-0.39, 0.29) is 0 Å². The Balaban J connectivity index is 1.43. The van der Waals surface area contributed by atoms with Crippen molar-refractivity contribution in [3.63, 3.8) is 0 Å². The van der Waals surface area contributed by atoms with Gasteiger partial charge in [-0.2, -0.15) is 17.0 Å². The van der Waals surface area contributed by atoms with Crippen molar-refractivity contribution in [2.45, 2.75) is 19.8 Å². The smallest absolute Gasteiger partial charge is 0.282 e. The first-order chi connectivity index (χ1) is 12.5. The van der Waals surface area contributed by atoms with E-state index < -0.39 is 10.2 Å². The van der Waals surface area contributed by atoms with Crippen molar-refractivity contribution in [1.29, 1.82) is 0 Å². The number of nitrogens with zero attached hydrogens (tertiary/aromatic N) is 4. The van der Waals surface area contributed by atoms with Crippen molar-refractivity contribution in [3.8, 4) is 0 Å². The molecule has 2 aromatic rings. The Morgan fingerprint density at radius 3 is 2.27 bits per heavy atom. The third kappa shape index (κ3) is 3.43. The molecule has 0 saturated carbocycles. The topological polar surface area (TPSA) is 56.8 Å². The van der Waals surface area contributed by atoms with Crippen molar-refractivity contribution < 1.29 is 8.42 Å². The van der Waals surface area contributed by atoms with E-state index in [1.54, 1.807) is 8.61 Å². The molecular formula is C19H26N4O2S. The molecule has 6 nitrogen and oxygen atoms in total. The zero-order valence-corrected chi connectivity index (χ0v) is 16.0. The molecule has 140 valence electrons. The summed E-state index contributed by atoms with van der Waals surface area (Å²) in [5, 5.41) is 1.12. The number of hydrogen-bond donors (Lipinski definition) is 0. The Labute approximate surface area is 155 Å². The Hall–Kier alpha value is -1.70. The molecule has 7 heteroatoms. The van der Waals surface area contributed by atoms with Gasteiger partial charge in [0.15, 0.2) is 0 Å². The molecule has 2 aliphatic heterocycles. The molecule has 26 heavy (non-hydrogen) atoms. The number of hydrogen-bond acceptors (Lipinski definition) is 4. The first-order valence-corrected chi connectivity index (χ1v) is 10.8. The summed E-state index contributed by atoms with van der Waals surface area (Å²) in [5.41, 5.74) is 0.975. The van der Waals surface area contributed by atoms with E-state index in [2.05, 4.69) is 24.0 Å². The van der Waals surface area contributed by atoms with E-state index in [9.17, 15) is 8.42 Å². The molecule has 0 unspecified atom stereocenters. The van der Waals surface area contributed by atoms with Gasteiger partial charge in [-0.05, 0) is 37.0 Å². The van der Waals surface area contributed by atoms with Crippen LogP contribution in [0.15, 0.2) is 36.4 Å². The van der Waals surface area contributed by atoms with Crippen LogP contribution in [0.4, 0.5) is 5.82 Å². The third-order valence-electron chi connectivity index (χ3n) is 5.54. The van der Waals surface area contributed by atoms with Gasteiger partial charge in [0.05, 0.1) is 5.52 Å². The lowest BCUT2D eigenvalue weighted by Crippen LogP contribution is -2.54. The molecule has 3 heterocycles. The summed E-state index contributed by atoms with van der Waals surface area (Å²) in [7, 11) is -3.33. The average Bonchev–Trinajstić information content (AvgIpc) is 2.68. The first kappa shape index (κ1) is 17.7. The number of piperidine rings is 1. The van der Waals surface area contributed by atoms with Crippen LogP contribution in [0.25, 0.3) is 10.9 Å². The largest absolute Gasteiger partial charge is 0.354 e. The highest BCUT2D eigenvalue weighted by atomic mass is 32.2. The number of anilines is 1. The van der Waals surface area contributed by atoms with Crippen molar-refractivity contribution in [1.82, 2.24) is 13.6 Å². The highest BCUT2D eigenvalue weighted by Gasteiger charge is 2.34. The molecule has 0 bridgehead atoms. The van der Waals surface area contributed by atoms with Crippen molar-refractivity contribution in [2.75, 3.05) is 44.2 Å². The monoisotopic (exact) mass is 374 g/mol. The van der Waals surface area contributed by atoms with Crippen LogP contribution in [0.3, 0.4) is 0 Å². The molecule has 0 radical (unpaired) electrons. The van der Waals surface area contributed by atoms with Gasteiger partial charge in [0.1, 0.15) is 5.82 Å². The fraction of sp³-hybridized carbons (Fsp3) is 0.526. The van der Waals surface area contributed by atoms with Crippen LogP contribution in [0.5, 0.6) is 0 Å². The van der Waals surface area contributed by atoms with Crippen molar-refractivity contribution in [3.05, 3.63) is 36.4 Å². The Morgan fingerprint density at radius 1 is 0.885 bits per heavy atom. The van der Waals surface area contributed by atoms with Gasteiger partial charge >= 0.3 is 0 Å². The third-order valence-corrected chi connectivity index (χ3v) is 7.58. The second-order valence-corrected chi connectivity index (χ2v) is 9.27. The molecule has 1 aromatic carbocycles. The number of fused-ring (bicyclic) bond motifs is 1. The summed E-state index contributed by atoms with van der Waals surface area (Å²) in [5.74, 6) is 1.55. The van der Waals surface area contributed by atoms with Gasteiger partial charge in [0.2, 0.25) is 0 Å². The molecule has 0 spiro atoms. The minimum atomic E-state index is -3.33. The van der Waals surface area contributed by atoms with E-state index in [1.165, 1.54) is 0 Å². The fourth-order valence-electron chi connectivity index (χ4n) is 3.76. The summed E-state index contributed by atoms with van der Waals surface area (Å²) < 4.78 is 29.1. The highest BCUT2D eigenvalue weighted by molar-refractivity contribution is 7.86. The van der Waals surface area contributed by atoms with E-state index in [0.717, 1.165) is 29.6 Å². The van der Waals surface area contributed by atoms with Gasteiger partial charge in [0.25, 0.3) is 10.2 Å². The molecule has 0 atom stereocenters. The summed E-state index contributed by atoms with van der Waals surface area (Å²) >= 11 is 0. The van der Waals surface area contributed by atoms with Crippen molar-refractivity contribution >= 4 is 26.9 Å². The van der Waals surface area contributed by atoms with Gasteiger partial charge in [0, 0.05) is 44.7 Å². The zero-order valence-electron chi connectivity index (χ0n) is 15.2. The fourth-order valence-corrected chi connectivity index (χ4v) is 5.38. The summed E-state index contributed by atoms with van der Waals surface area (Å²) in [6, 6.07) is 12.2. The lowest BCUT2D eigenvalue weighted by atomic mass is 10.0. The number of piperazine rings is 1. The molecular weight excluding hydrogens is 348 g/mol. The molecule has 0 N–H and O–H groups in total. The van der Waals surface area contributed by atoms with Crippen LogP contribution in [0.1, 0.15) is 19.8 Å². The molecule has 4 rings (SSSR count). The standard InChI is InChI=1S/C19H26N4O2S/c1-16-8-10-22(11-9-16)26(24,25)23-14-12-21(13-15-23)19-7-6-17-4-2-3-5-18(17)20-19/h2-7,16H,8-15H2,1H3. The molecule has 2 saturated heterocycles. The lowest BCUT2D eigenvalue weighted by molar-refractivity contribution is 0.260. The van der Waals surface area contributed by atoms with Gasteiger partial charge in [-0.25, -0.2) is 4.98 Å². The van der Waals surface area contributed by atoms with Crippen LogP contribution < -0.4 is 4.90 Å². The number of rotatable bonds is 3. The minimum Gasteiger partial charge on any atom is -0.354 e. The van der Waals surface area contributed by atoms with E-state index >= 15 is 0 Å². The maximum atomic E-state index is 12.9. The SMILES string of the molecule is CC1CCN(S(=O)(=O)N2CCN(c3ccc4ccccc4n3)CC2)CC1. The Bertz CT molecular complexity index is 870. The molecule has 2 fully saturated rings. The molecule has 2 aliphatic rings. The normalized spacial score (nSPS) is 21.3. The van der Waals surface area contributed by atoms with Crippen LogP contribution in [0.2, 0.25) is 0 Å². The quantitative estimate of drug-likeness (QED) is 0.827. The maximum absolute atomic E-state index is 12.9. The van der Waals surface area contributed by atoms with Gasteiger partial charge < -0.3 is 4.90 Å². The zero-order chi connectivity index (χ0) is 18.1. The molecule has 1 aromatic heterocycles. The number of para-hydroxylation sites is 1. The predicted molar refractivity (Wildman–Crippen MR) is 104 cm³/mol. The van der Waals surface area contributed by atoms with Crippen LogP contribution >= 0.6 is 0 Å². The average molecular weight is 375 g/mol. The Morgan fingerprint density at radius 2 is 1.54 bits per heavy atom. The summed E-state index contributed by atoms with van der Waals surface area (Å²) in [6.45, 7) is 5.88. The van der Waals surface area contributed by atoms with Crippen LogP contribution in [-0.2, 0) is 10.2 Å². The Kier molecular flexibility index (Phi) is 4.86. The number of aromatic nitrogens is 1. The van der Waals surface area contributed by atoms with E-state index in [4.69, 9.17) is 4.98 Å². The van der Waals surface area contributed by atoms with Gasteiger partial charge in [-0.15, -0.1) is 0 Å². The van der Waals surface area contributed by atoms with Crippen molar-refractivity contribution in [2.24, 2.45) is 5.92 Å². The summed E-state index contributed by atoms with van der Waals surface area (Å²) in [6.07, 6.45) is 1.92. The van der Waals surface area contributed by atoms with Crippen LogP contribution in [0, 0.1) is 5.92 Å². The lowest BCUT2D eigenvalue weighted by Gasteiger charge is -2.38. The molecule has 0 amide bonds. The number of pyridine rings is 1. The van der Waals surface area contributed by atoms with E-state index in [1.807, 2.05) is 24.3 Å². The van der Waals surface area contributed by atoms with Gasteiger partial charge in [-0.3, -0.25) is 0 Å². The van der Waals surface area contributed by atoms with Crippen LogP contribution in [-0.4, -0.2) is 61.3 Å². The maximum Gasteiger partial charge on any atom is 0.282 e. The summed E-state index contributed by atoms with van der Waals surface area (Å²) in [4.78, 5) is 6.91. The van der Waals surface area contributed by atoms with E-state index in [0.29, 0.717) is 45.2 Å². The second kappa shape index (κ2) is 7.13. The number of benzene rings is 1. The predicted octanol–water partition coefficient (Wildman–Crippen LogP) is 2.33. The van der Waals surface area contributed by atoms with Gasteiger partial charge in [-0.1, -0.05) is 25.1 Å². The first-order valence-electron chi connectivity index (χ1n) is 9.40. The molecule has 0 aliphatic carbocycles. The second-order valence-electron chi connectivity index (χ2n) is 7.34. The minimum absolute atomic E-state index is 0.517. The highest BCUT2D eigenvalue weighted by Crippen LogP contribution is 2.23.